The van der Waals surface area contributed by atoms with Gasteiger partial charge in [-0.05, 0) is 6.42 Å². The van der Waals surface area contributed by atoms with Gasteiger partial charge in [-0.2, -0.15) is 0 Å². The van der Waals surface area contributed by atoms with Gasteiger partial charge >= 0.3 is 0 Å². The Kier molecular flexibility index (Phi) is 1.67. The quantitative estimate of drug-likeness (QED) is 0.529. The zero-order valence-electron chi connectivity index (χ0n) is 7.25. The smallest absolute Gasteiger partial charge is 0.222 e. The third kappa shape index (κ3) is 0.958. The third-order valence-corrected chi connectivity index (χ3v) is 3.06. The number of hydrogen-bond donors (Lipinski definition) is 0. The number of rotatable bonds is 0. The van der Waals surface area contributed by atoms with E-state index in [0.29, 0.717) is 25.2 Å². The van der Waals surface area contributed by atoms with Gasteiger partial charge in [0.1, 0.15) is 5.78 Å². The molecule has 2 aliphatic rings. The summed E-state index contributed by atoms with van der Waals surface area (Å²) in [5.41, 5.74) is 0. The summed E-state index contributed by atoms with van der Waals surface area (Å²) in [5, 5.41) is 0. The van der Waals surface area contributed by atoms with Crippen LogP contribution in [0.1, 0.15) is 26.2 Å². The highest BCUT2D eigenvalue weighted by Gasteiger charge is 2.40. The number of amides is 1. The zero-order chi connectivity index (χ0) is 8.72. The van der Waals surface area contributed by atoms with Crippen LogP contribution >= 0.6 is 0 Å². The van der Waals surface area contributed by atoms with Crippen LogP contribution in [0.5, 0.6) is 0 Å². The molecular formula is C9H13NO2. The fraction of sp³-hybridized carbons (Fsp3) is 0.778. The molecule has 0 aliphatic carbocycles. The SMILES string of the molecule is CC1C(=O)CCN2C(=O)CCC12. The molecule has 1 amide bonds. The Labute approximate surface area is 71.7 Å². The molecule has 2 rings (SSSR count). The van der Waals surface area contributed by atoms with Crippen LogP contribution in [0.4, 0.5) is 0 Å². The average molecular weight is 167 g/mol. The first-order valence-corrected chi connectivity index (χ1v) is 4.52. The molecule has 3 heteroatoms. The molecule has 2 atom stereocenters. The van der Waals surface area contributed by atoms with Gasteiger partial charge in [-0.1, -0.05) is 6.92 Å². The highest BCUT2D eigenvalue weighted by atomic mass is 16.2. The van der Waals surface area contributed by atoms with Crippen LogP contribution in [-0.2, 0) is 9.59 Å². The lowest BCUT2D eigenvalue weighted by Gasteiger charge is -2.33. The molecule has 2 aliphatic heterocycles. The summed E-state index contributed by atoms with van der Waals surface area (Å²) in [4.78, 5) is 24.5. The van der Waals surface area contributed by atoms with Gasteiger partial charge in [0, 0.05) is 31.3 Å². The van der Waals surface area contributed by atoms with Gasteiger partial charge < -0.3 is 4.90 Å². The van der Waals surface area contributed by atoms with Crippen LogP contribution in [0.15, 0.2) is 0 Å². The van der Waals surface area contributed by atoms with Gasteiger partial charge in [0.25, 0.3) is 0 Å². The minimum absolute atomic E-state index is 0.0743. The van der Waals surface area contributed by atoms with Gasteiger partial charge in [-0.25, -0.2) is 0 Å². The second-order valence-corrected chi connectivity index (χ2v) is 3.70. The molecule has 2 heterocycles. The van der Waals surface area contributed by atoms with Gasteiger partial charge in [-0.15, -0.1) is 0 Å². The fourth-order valence-corrected chi connectivity index (χ4v) is 2.24. The lowest BCUT2D eigenvalue weighted by atomic mass is 9.90. The van der Waals surface area contributed by atoms with E-state index in [1.54, 1.807) is 0 Å². The van der Waals surface area contributed by atoms with Gasteiger partial charge in [0.15, 0.2) is 0 Å². The summed E-state index contributed by atoms with van der Waals surface area (Å²) in [7, 11) is 0. The molecular weight excluding hydrogens is 154 g/mol. The lowest BCUT2D eigenvalue weighted by Crippen LogP contribution is -2.46. The first-order chi connectivity index (χ1) is 5.70. The zero-order valence-corrected chi connectivity index (χ0v) is 7.25. The Hall–Kier alpha value is -0.860. The fourth-order valence-electron chi connectivity index (χ4n) is 2.24. The molecule has 0 spiro atoms. The van der Waals surface area contributed by atoms with Gasteiger partial charge in [-0.3, -0.25) is 9.59 Å². The second-order valence-electron chi connectivity index (χ2n) is 3.70. The summed E-state index contributed by atoms with van der Waals surface area (Å²) in [6.45, 7) is 2.60. The van der Waals surface area contributed by atoms with Crippen molar-refractivity contribution in [2.75, 3.05) is 6.54 Å². The monoisotopic (exact) mass is 167 g/mol. The Morgan fingerprint density at radius 1 is 1.33 bits per heavy atom. The van der Waals surface area contributed by atoms with Crippen molar-refractivity contribution >= 4 is 11.7 Å². The normalized spacial score (nSPS) is 35.6. The second kappa shape index (κ2) is 2.57. The van der Waals surface area contributed by atoms with E-state index in [9.17, 15) is 9.59 Å². The highest BCUT2D eigenvalue weighted by Crippen LogP contribution is 2.29. The Balaban J connectivity index is 2.19. The van der Waals surface area contributed by atoms with Crippen molar-refractivity contribution in [2.24, 2.45) is 5.92 Å². The third-order valence-electron chi connectivity index (χ3n) is 3.06. The molecule has 0 aromatic rings. The van der Waals surface area contributed by atoms with Gasteiger partial charge in [0.05, 0.1) is 0 Å². The molecule has 2 unspecified atom stereocenters. The summed E-state index contributed by atoms with van der Waals surface area (Å²) < 4.78 is 0. The van der Waals surface area contributed by atoms with Gasteiger partial charge in [0.2, 0.25) is 5.91 Å². The maximum absolute atomic E-state index is 11.3. The minimum atomic E-state index is 0.0743. The molecule has 0 N–H and O–H groups in total. The molecule has 3 nitrogen and oxygen atoms in total. The number of nitrogens with zero attached hydrogens (tertiary/aromatic N) is 1. The van der Waals surface area contributed by atoms with E-state index in [4.69, 9.17) is 0 Å². The topological polar surface area (TPSA) is 37.4 Å². The molecule has 0 radical (unpaired) electrons. The molecule has 0 saturated carbocycles. The van der Waals surface area contributed by atoms with E-state index in [2.05, 4.69) is 0 Å². The van der Waals surface area contributed by atoms with Crippen molar-refractivity contribution in [3.05, 3.63) is 0 Å². The van der Waals surface area contributed by atoms with Crippen LogP contribution < -0.4 is 0 Å². The molecule has 0 aromatic carbocycles. The maximum atomic E-state index is 11.3. The molecule has 0 aromatic heterocycles. The Morgan fingerprint density at radius 3 is 2.83 bits per heavy atom. The number of ketones is 1. The van der Waals surface area contributed by atoms with Crippen LogP contribution in [-0.4, -0.2) is 29.2 Å². The molecule has 12 heavy (non-hydrogen) atoms. The van der Waals surface area contributed by atoms with Crippen LogP contribution in [0, 0.1) is 5.92 Å². The number of piperidine rings is 1. The van der Waals surface area contributed by atoms with E-state index < -0.39 is 0 Å². The largest absolute Gasteiger partial charge is 0.339 e. The number of hydrogen-bond acceptors (Lipinski definition) is 2. The molecule has 2 fully saturated rings. The average Bonchev–Trinajstić information content (AvgIpc) is 2.41. The van der Waals surface area contributed by atoms with Crippen LogP contribution in [0.25, 0.3) is 0 Å². The van der Waals surface area contributed by atoms with E-state index in [1.165, 1.54) is 0 Å². The number of carbonyl (C=O) groups is 2. The molecule has 2 saturated heterocycles. The maximum Gasteiger partial charge on any atom is 0.222 e. The first-order valence-electron chi connectivity index (χ1n) is 4.52. The number of Topliss-reactive ketones (excluding diaryl/α,β-unsaturated/α-hetero) is 1. The molecule has 0 bridgehead atoms. The predicted molar refractivity (Wildman–Crippen MR) is 43.5 cm³/mol. The van der Waals surface area contributed by atoms with E-state index in [-0.39, 0.29) is 17.9 Å². The van der Waals surface area contributed by atoms with Crippen molar-refractivity contribution in [3.8, 4) is 0 Å². The first kappa shape index (κ1) is 7.77. The Bertz CT molecular complexity index is 235. The summed E-state index contributed by atoms with van der Waals surface area (Å²) in [6, 6.07) is 0.221. The Morgan fingerprint density at radius 2 is 2.08 bits per heavy atom. The summed E-state index contributed by atoms with van der Waals surface area (Å²) >= 11 is 0. The van der Waals surface area contributed by atoms with E-state index in [1.807, 2.05) is 11.8 Å². The van der Waals surface area contributed by atoms with Crippen molar-refractivity contribution in [2.45, 2.75) is 32.2 Å². The summed E-state index contributed by atoms with van der Waals surface area (Å²) in [5.74, 6) is 0.635. The van der Waals surface area contributed by atoms with Crippen molar-refractivity contribution < 1.29 is 9.59 Å². The number of carbonyl (C=O) groups excluding carboxylic acids is 2. The van der Waals surface area contributed by atoms with Crippen molar-refractivity contribution in [3.63, 3.8) is 0 Å². The van der Waals surface area contributed by atoms with E-state index in [0.717, 1.165) is 6.42 Å². The van der Waals surface area contributed by atoms with Crippen molar-refractivity contribution in [1.29, 1.82) is 0 Å². The predicted octanol–water partition coefficient (Wildman–Crippen LogP) is 0.586. The highest BCUT2D eigenvalue weighted by molar-refractivity contribution is 5.87. The minimum Gasteiger partial charge on any atom is -0.339 e. The lowest BCUT2D eigenvalue weighted by molar-refractivity contribution is -0.135. The van der Waals surface area contributed by atoms with Crippen molar-refractivity contribution in [1.82, 2.24) is 4.90 Å². The summed E-state index contributed by atoms with van der Waals surface area (Å²) in [6.07, 6.45) is 2.08. The van der Waals surface area contributed by atoms with E-state index >= 15 is 0 Å². The van der Waals surface area contributed by atoms with Crippen LogP contribution in [0.2, 0.25) is 0 Å². The molecule has 66 valence electrons. The number of fused-ring (bicyclic) bond motifs is 1. The standard InChI is InChI=1S/C9H13NO2/c1-6-7-2-3-9(12)10(7)5-4-8(6)11/h6-7H,2-5H2,1H3. The van der Waals surface area contributed by atoms with Crippen LogP contribution in [0.3, 0.4) is 0 Å².